The Labute approximate surface area is 154 Å². The molecule has 24 heavy (non-hydrogen) atoms. The molecule has 4 nitrogen and oxygen atoms in total. The summed E-state index contributed by atoms with van der Waals surface area (Å²) < 4.78 is 5.13. The molecule has 0 spiro atoms. The Hall–Kier alpha value is -1.69. The maximum absolute atomic E-state index is 12.1. The first-order chi connectivity index (χ1) is 11.5. The summed E-state index contributed by atoms with van der Waals surface area (Å²) in [5, 5.41) is 3.20. The van der Waals surface area contributed by atoms with E-state index in [-0.39, 0.29) is 5.75 Å². The predicted octanol–water partition coefficient (Wildman–Crippen LogP) is 4.66. The summed E-state index contributed by atoms with van der Waals surface area (Å²) in [7, 11) is 0. The molecule has 0 bridgehead atoms. The minimum atomic E-state index is -0.957. The third-order valence-corrected chi connectivity index (χ3v) is 4.60. The number of ether oxygens (including phenoxy) is 1. The van der Waals surface area contributed by atoms with E-state index in [0.29, 0.717) is 15.7 Å². The van der Waals surface area contributed by atoms with Crippen LogP contribution in [-0.2, 0) is 14.3 Å². The van der Waals surface area contributed by atoms with E-state index in [1.807, 2.05) is 30.3 Å². The zero-order valence-electron chi connectivity index (χ0n) is 12.8. The van der Waals surface area contributed by atoms with Gasteiger partial charge >= 0.3 is 5.97 Å². The summed E-state index contributed by atoms with van der Waals surface area (Å²) in [5.41, 5.74) is 0.299. The Kier molecular flexibility index (Phi) is 6.97. The molecule has 0 fully saturated rings. The molecule has 2 aromatic rings. The first kappa shape index (κ1) is 18.6. The highest BCUT2D eigenvalue weighted by atomic mass is 35.5. The van der Waals surface area contributed by atoms with Crippen LogP contribution in [0.1, 0.15) is 6.92 Å². The van der Waals surface area contributed by atoms with E-state index in [1.54, 1.807) is 18.2 Å². The molecule has 0 unspecified atom stereocenters. The van der Waals surface area contributed by atoms with Crippen molar-refractivity contribution in [1.82, 2.24) is 0 Å². The highest BCUT2D eigenvalue weighted by Crippen LogP contribution is 2.30. The van der Waals surface area contributed by atoms with Crippen LogP contribution in [0.5, 0.6) is 0 Å². The van der Waals surface area contributed by atoms with Gasteiger partial charge in [-0.05, 0) is 31.2 Å². The van der Waals surface area contributed by atoms with Crippen molar-refractivity contribution < 1.29 is 14.3 Å². The number of thioether (sulfide) groups is 1. The predicted molar refractivity (Wildman–Crippen MR) is 97.8 cm³/mol. The van der Waals surface area contributed by atoms with Gasteiger partial charge in [-0.1, -0.05) is 47.5 Å². The molecule has 0 aliphatic heterocycles. The summed E-state index contributed by atoms with van der Waals surface area (Å²) >= 11 is 13.3. The molecule has 2 aromatic carbocycles. The van der Waals surface area contributed by atoms with E-state index in [4.69, 9.17) is 27.9 Å². The Morgan fingerprint density at radius 3 is 2.33 bits per heavy atom. The van der Waals surface area contributed by atoms with Crippen LogP contribution >= 0.6 is 35.0 Å². The molecule has 0 aromatic heterocycles. The van der Waals surface area contributed by atoms with Crippen LogP contribution < -0.4 is 5.32 Å². The first-order valence-electron chi connectivity index (χ1n) is 7.09. The molecular formula is C17H15Cl2NO3S. The molecule has 2 rings (SSSR count). The maximum Gasteiger partial charge on any atom is 0.317 e. The van der Waals surface area contributed by atoms with Crippen molar-refractivity contribution in [3.63, 3.8) is 0 Å². The average Bonchev–Trinajstić information content (AvgIpc) is 2.57. The van der Waals surface area contributed by atoms with Gasteiger partial charge in [-0.25, -0.2) is 0 Å². The SMILES string of the molecule is C[C@@H](OC(=O)CSc1ccccc1)C(=O)Nc1c(Cl)cccc1Cl. The van der Waals surface area contributed by atoms with Crippen molar-refractivity contribution in [2.24, 2.45) is 0 Å². The van der Waals surface area contributed by atoms with E-state index < -0.39 is 18.0 Å². The van der Waals surface area contributed by atoms with Crippen LogP contribution in [0.3, 0.4) is 0 Å². The normalized spacial score (nSPS) is 11.6. The largest absolute Gasteiger partial charge is 0.452 e. The molecular weight excluding hydrogens is 369 g/mol. The summed E-state index contributed by atoms with van der Waals surface area (Å²) in [5.74, 6) is -0.853. The van der Waals surface area contributed by atoms with Gasteiger partial charge in [0.1, 0.15) is 0 Å². The van der Waals surface area contributed by atoms with Crippen molar-refractivity contribution in [3.05, 3.63) is 58.6 Å². The van der Waals surface area contributed by atoms with E-state index in [9.17, 15) is 9.59 Å². The second-order valence-electron chi connectivity index (χ2n) is 4.82. The smallest absolute Gasteiger partial charge is 0.317 e. The number of rotatable bonds is 6. The van der Waals surface area contributed by atoms with Gasteiger partial charge in [0.05, 0.1) is 21.5 Å². The van der Waals surface area contributed by atoms with Gasteiger partial charge in [0, 0.05) is 4.90 Å². The Bertz CT molecular complexity index is 705. The molecule has 1 amide bonds. The van der Waals surface area contributed by atoms with Crippen LogP contribution in [0.2, 0.25) is 10.0 Å². The van der Waals surface area contributed by atoms with Gasteiger partial charge in [0.25, 0.3) is 5.91 Å². The summed E-state index contributed by atoms with van der Waals surface area (Å²) in [4.78, 5) is 24.9. The van der Waals surface area contributed by atoms with Crippen LogP contribution in [0, 0.1) is 0 Å². The van der Waals surface area contributed by atoms with E-state index in [2.05, 4.69) is 5.32 Å². The quantitative estimate of drug-likeness (QED) is 0.582. The fourth-order valence-corrected chi connectivity index (χ4v) is 2.98. The Balaban J connectivity index is 1.86. The van der Waals surface area contributed by atoms with Crippen molar-refractivity contribution in [1.29, 1.82) is 0 Å². The van der Waals surface area contributed by atoms with Crippen LogP contribution in [0.25, 0.3) is 0 Å². The summed E-state index contributed by atoms with van der Waals surface area (Å²) in [6.45, 7) is 1.49. The second kappa shape index (κ2) is 8.97. The highest BCUT2D eigenvalue weighted by Gasteiger charge is 2.20. The monoisotopic (exact) mass is 383 g/mol. The number of esters is 1. The lowest BCUT2D eigenvalue weighted by Crippen LogP contribution is -2.30. The molecule has 0 saturated heterocycles. The fraction of sp³-hybridized carbons (Fsp3) is 0.176. The number of carbonyl (C=O) groups is 2. The number of nitrogens with one attached hydrogen (secondary N) is 1. The lowest BCUT2D eigenvalue weighted by molar-refractivity contribution is -0.150. The zero-order chi connectivity index (χ0) is 17.5. The third kappa shape index (κ3) is 5.44. The fourth-order valence-electron chi connectivity index (χ4n) is 1.79. The molecule has 0 aliphatic rings. The van der Waals surface area contributed by atoms with Crippen LogP contribution in [-0.4, -0.2) is 23.7 Å². The Morgan fingerprint density at radius 2 is 1.71 bits per heavy atom. The molecule has 0 heterocycles. The number of para-hydroxylation sites is 1. The molecule has 7 heteroatoms. The van der Waals surface area contributed by atoms with Crippen LogP contribution in [0.15, 0.2) is 53.4 Å². The highest BCUT2D eigenvalue weighted by molar-refractivity contribution is 8.00. The maximum atomic E-state index is 12.1. The van der Waals surface area contributed by atoms with Gasteiger partial charge in [0.15, 0.2) is 6.10 Å². The number of anilines is 1. The zero-order valence-corrected chi connectivity index (χ0v) is 15.1. The molecule has 0 aliphatic carbocycles. The van der Waals surface area contributed by atoms with Crippen molar-refractivity contribution >= 4 is 52.5 Å². The molecule has 1 atom stereocenters. The number of benzene rings is 2. The van der Waals surface area contributed by atoms with Gasteiger partial charge < -0.3 is 10.1 Å². The van der Waals surface area contributed by atoms with Gasteiger partial charge in [0.2, 0.25) is 0 Å². The molecule has 0 radical (unpaired) electrons. The van der Waals surface area contributed by atoms with Gasteiger partial charge in [-0.2, -0.15) is 0 Å². The van der Waals surface area contributed by atoms with E-state index >= 15 is 0 Å². The number of amides is 1. The van der Waals surface area contributed by atoms with E-state index in [1.165, 1.54) is 18.7 Å². The second-order valence-corrected chi connectivity index (χ2v) is 6.68. The minimum absolute atomic E-state index is 0.120. The molecule has 1 N–H and O–H groups in total. The van der Waals surface area contributed by atoms with Gasteiger partial charge in [-0.15, -0.1) is 11.8 Å². The lowest BCUT2D eigenvalue weighted by Gasteiger charge is -2.15. The summed E-state index contributed by atoms with van der Waals surface area (Å²) in [6, 6.07) is 14.3. The van der Waals surface area contributed by atoms with E-state index in [0.717, 1.165) is 4.90 Å². The van der Waals surface area contributed by atoms with Crippen LogP contribution in [0.4, 0.5) is 5.69 Å². The van der Waals surface area contributed by atoms with Crippen molar-refractivity contribution in [3.8, 4) is 0 Å². The number of hydrogen-bond donors (Lipinski definition) is 1. The number of carbonyl (C=O) groups excluding carboxylic acids is 2. The minimum Gasteiger partial charge on any atom is -0.452 e. The summed E-state index contributed by atoms with van der Waals surface area (Å²) in [6.07, 6.45) is -0.957. The third-order valence-electron chi connectivity index (χ3n) is 2.99. The standard InChI is InChI=1S/C17H15Cl2NO3S/c1-11(17(22)20-16-13(18)8-5-9-14(16)19)23-15(21)10-24-12-6-3-2-4-7-12/h2-9,11H,10H2,1H3,(H,20,22)/t11-/m1/s1. The Morgan fingerprint density at radius 1 is 1.08 bits per heavy atom. The first-order valence-corrected chi connectivity index (χ1v) is 8.83. The average molecular weight is 384 g/mol. The topological polar surface area (TPSA) is 55.4 Å². The van der Waals surface area contributed by atoms with Crippen molar-refractivity contribution in [2.75, 3.05) is 11.1 Å². The molecule has 126 valence electrons. The number of halogens is 2. The van der Waals surface area contributed by atoms with Crippen molar-refractivity contribution in [2.45, 2.75) is 17.9 Å². The number of hydrogen-bond acceptors (Lipinski definition) is 4. The van der Waals surface area contributed by atoms with Gasteiger partial charge in [-0.3, -0.25) is 9.59 Å². The lowest BCUT2D eigenvalue weighted by atomic mass is 10.3. The molecule has 0 saturated carbocycles.